The lowest BCUT2D eigenvalue weighted by Gasteiger charge is -2.16. The lowest BCUT2D eigenvalue weighted by atomic mass is 10.1. The van der Waals surface area contributed by atoms with Gasteiger partial charge < -0.3 is 10.0 Å². The highest BCUT2D eigenvalue weighted by atomic mass is 31.1. The third kappa shape index (κ3) is 3.56. The lowest BCUT2D eigenvalue weighted by Crippen LogP contribution is -2.19. The highest BCUT2D eigenvalue weighted by Gasteiger charge is 2.09. The molecule has 1 N–H and O–H groups in total. The van der Waals surface area contributed by atoms with Crippen LogP contribution >= 0.6 is 8.58 Å². The summed E-state index contributed by atoms with van der Waals surface area (Å²) in [5.41, 5.74) is 2.63. The molecule has 2 nitrogen and oxygen atoms in total. The average molecular weight is 273 g/mol. The van der Waals surface area contributed by atoms with E-state index in [1.807, 2.05) is 18.2 Å². The maximum atomic E-state index is 9.93. The number of phenols is 1. The molecule has 0 amide bonds. The molecule has 0 aliphatic rings. The van der Waals surface area contributed by atoms with Crippen molar-refractivity contribution in [2.45, 2.75) is 13.5 Å². The first kappa shape index (κ1) is 14.0. The minimum Gasteiger partial charge on any atom is -0.507 e. The van der Waals surface area contributed by atoms with Crippen LogP contribution in [-0.2, 0) is 6.54 Å². The van der Waals surface area contributed by atoms with Gasteiger partial charge in [-0.1, -0.05) is 45.0 Å². The van der Waals surface area contributed by atoms with E-state index in [9.17, 15) is 5.11 Å². The predicted octanol–water partition coefficient (Wildman–Crippen LogP) is 2.39. The van der Waals surface area contributed by atoms with Crippen molar-refractivity contribution in [3.05, 3.63) is 53.6 Å². The summed E-state index contributed by atoms with van der Waals surface area (Å²) in [6, 6.07) is 14.0. The third-order valence-corrected chi connectivity index (χ3v) is 4.67. The summed E-state index contributed by atoms with van der Waals surface area (Å²) in [7, 11) is 4.65. The fourth-order valence-corrected chi connectivity index (χ4v) is 3.36. The molecule has 100 valence electrons. The molecule has 2 aromatic carbocycles. The third-order valence-electron chi connectivity index (χ3n) is 3.01. The van der Waals surface area contributed by atoms with Gasteiger partial charge in [0.2, 0.25) is 0 Å². The zero-order valence-electron chi connectivity index (χ0n) is 11.6. The molecule has 0 radical (unpaired) electrons. The van der Waals surface area contributed by atoms with Crippen molar-refractivity contribution in [1.29, 1.82) is 0 Å². The molecule has 3 heteroatoms. The Morgan fingerprint density at radius 2 is 1.79 bits per heavy atom. The minimum atomic E-state index is 0.389. The number of hydrogen-bond donors (Lipinski definition) is 1. The molecule has 2 rings (SSSR count). The van der Waals surface area contributed by atoms with Crippen LogP contribution in [0.2, 0.25) is 0 Å². The number of phenolic OH excluding ortho intramolecular Hbond substituents is 1. The normalized spacial score (nSPS) is 11.6. The zero-order valence-corrected chi connectivity index (χ0v) is 12.6. The summed E-state index contributed by atoms with van der Waals surface area (Å²) < 4.78 is 0. The van der Waals surface area contributed by atoms with Gasteiger partial charge in [0.05, 0.1) is 0 Å². The van der Waals surface area contributed by atoms with Gasteiger partial charge in [-0.15, -0.1) is 0 Å². The fraction of sp³-hybridized carbons (Fsp3) is 0.250. The molecule has 19 heavy (non-hydrogen) atoms. The molecule has 0 heterocycles. The van der Waals surface area contributed by atoms with Gasteiger partial charge >= 0.3 is 0 Å². The average Bonchev–Trinajstić information content (AvgIpc) is 2.35. The van der Waals surface area contributed by atoms with Crippen LogP contribution in [0.5, 0.6) is 5.75 Å². The summed E-state index contributed by atoms with van der Waals surface area (Å²) in [4.78, 5) is 2.17. The molecule has 0 aromatic heterocycles. The molecule has 1 unspecified atom stereocenters. The maximum Gasteiger partial charge on any atom is 0.123 e. The van der Waals surface area contributed by atoms with Crippen molar-refractivity contribution in [3.63, 3.8) is 0 Å². The van der Waals surface area contributed by atoms with E-state index in [2.05, 4.69) is 44.1 Å². The van der Waals surface area contributed by atoms with Crippen LogP contribution in [0, 0.1) is 6.92 Å². The summed E-state index contributed by atoms with van der Waals surface area (Å²) >= 11 is 0. The number of rotatable bonds is 4. The van der Waals surface area contributed by atoms with Gasteiger partial charge in [0.1, 0.15) is 5.75 Å². The molecule has 2 aromatic rings. The number of benzene rings is 2. The van der Waals surface area contributed by atoms with E-state index in [4.69, 9.17) is 0 Å². The predicted molar refractivity (Wildman–Crippen MR) is 84.3 cm³/mol. The number of aromatic hydroxyl groups is 1. The zero-order chi connectivity index (χ0) is 13.8. The van der Waals surface area contributed by atoms with Crippen molar-refractivity contribution in [2.75, 3.05) is 14.1 Å². The summed E-state index contributed by atoms with van der Waals surface area (Å²) in [6.07, 6.45) is 0. The van der Waals surface area contributed by atoms with E-state index in [1.165, 1.54) is 16.4 Å². The van der Waals surface area contributed by atoms with Gasteiger partial charge in [0.25, 0.3) is 0 Å². The maximum absolute atomic E-state index is 9.93. The Hall–Kier alpha value is -1.37. The second-order valence-electron chi connectivity index (χ2n) is 4.99. The molecule has 0 bridgehead atoms. The van der Waals surface area contributed by atoms with Gasteiger partial charge in [0.15, 0.2) is 0 Å². The van der Waals surface area contributed by atoms with Crippen LogP contribution in [0.25, 0.3) is 0 Å². The summed E-state index contributed by atoms with van der Waals surface area (Å²) in [5.74, 6) is 0.389. The van der Waals surface area contributed by atoms with Crippen molar-refractivity contribution in [3.8, 4) is 5.75 Å². The smallest absolute Gasteiger partial charge is 0.123 e. The molecular weight excluding hydrogens is 253 g/mol. The van der Waals surface area contributed by atoms with Gasteiger partial charge in [-0.3, -0.25) is 0 Å². The highest BCUT2D eigenvalue weighted by molar-refractivity contribution is 7.56. The monoisotopic (exact) mass is 273 g/mol. The Labute approximate surface area is 116 Å². The number of para-hydroxylation sites is 1. The molecule has 0 saturated heterocycles. The number of hydrogen-bond acceptors (Lipinski definition) is 2. The molecule has 0 fully saturated rings. The van der Waals surface area contributed by atoms with Crippen LogP contribution in [0.1, 0.15) is 11.1 Å². The van der Waals surface area contributed by atoms with Crippen molar-refractivity contribution < 1.29 is 5.11 Å². The Bertz CT molecular complexity index is 566. The van der Waals surface area contributed by atoms with Gasteiger partial charge in [-0.25, -0.2) is 0 Å². The Balaban J connectivity index is 2.36. The van der Waals surface area contributed by atoms with Gasteiger partial charge in [-0.05, 0) is 43.5 Å². The van der Waals surface area contributed by atoms with Crippen molar-refractivity contribution >= 4 is 19.2 Å². The van der Waals surface area contributed by atoms with Crippen LogP contribution in [0.4, 0.5) is 0 Å². The van der Waals surface area contributed by atoms with E-state index in [-0.39, 0.29) is 0 Å². The van der Waals surface area contributed by atoms with E-state index in [1.54, 1.807) is 6.07 Å². The Morgan fingerprint density at radius 3 is 2.47 bits per heavy atom. The van der Waals surface area contributed by atoms with Crippen molar-refractivity contribution in [1.82, 2.24) is 4.90 Å². The van der Waals surface area contributed by atoms with E-state index in [0.29, 0.717) is 14.3 Å². The summed E-state index contributed by atoms with van der Waals surface area (Å²) in [6.45, 7) is 3.07. The first-order valence-corrected chi connectivity index (χ1v) is 7.36. The van der Waals surface area contributed by atoms with Crippen LogP contribution < -0.4 is 10.6 Å². The van der Waals surface area contributed by atoms with Gasteiger partial charge in [0, 0.05) is 11.8 Å². The minimum absolute atomic E-state index is 0.389. The number of aryl methyl sites for hydroxylation is 1. The largest absolute Gasteiger partial charge is 0.507 e. The highest BCUT2D eigenvalue weighted by Crippen LogP contribution is 2.22. The molecule has 0 aliphatic carbocycles. The number of nitrogens with zero attached hydrogens (tertiary/aromatic N) is 1. The SMILES string of the molecule is Cc1cccc(CN(C)C)c1Pc1ccccc1O. The first-order chi connectivity index (χ1) is 9.08. The molecular formula is C16H20NOP. The summed E-state index contributed by atoms with van der Waals surface area (Å²) in [5, 5.41) is 12.3. The Kier molecular flexibility index (Phi) is 4.57. The second-order valence-corrected chi connectivity index (χ2v) is 6.28. The van der Waals surface area contributed by atoms with E-state index >= 15 is 0 Å². The lowest BCUT2D eigenvalue weighted by molar-refractivity contribution is 0.403. The molecule has 0 aliphatic heterocycles. The molecule has 0 saturated carbocycles. The van der Waals surface area contributed by atoms with Gasteiger partial charge in [-0.2, -0.15) is 0 Å². The van der Waals surface area contributed by atoms with E-state index in [0.717, 1.165) is 11.8 Å². The fourth-order valence-electron chi connectivity index (χ4n) is 2.09. The van der Waals surface area contributed by atoms with Crippen molar-refractivity contribution in [2.24, 2.45) is 0 Å². The second kappa shape index (κ2) is 6.18. The van der Waals surface area contributed by atoms with Crippen LogP contribution in [0.3, 0.4) is 0 Å². The first-order valence-electron chi connectivity index (χ1n) is 6.36. The van der Waals surface area contributed by atoms with Crippen LogP contribution in [-0.4, -0.2) is 24.1 Å². The molecule has 0 spiro atoms. The standard InChI is InChI=1S/C16H20NOP/c1-12-7-6-8-13(11-17(2)3)16(12)19-15-10-5-4-9-14(15)18/h4-10,18-19H,11H2,1-3H3. The molecule has 1 atom stereocenters. The van der Waals surface area contributed by atoms with Crippen LogP contribution in [0.15, 0.2) is 42.5 Å². The quantitative estimate of drug-likeness (QED) is 0.865. The van der Waals surface area contributed by atoms with E-state index < -0.39 is 0 Å². The topological polar surface area (TPSA) is 23.5 Å². The Morgan fingerprint density at radius 1 is 1.05 bits per heavy atom.